The van der Waals surface area contributed by atoms with Gasteiger partial charge in [0.25, 0.3) is 0 Å². The lowest BCUT2D eigenvalue weighted by molar-refractivity contribution is 0.183. The third-order valence-corrected chi connectivity index (χ3v) is 4.27. The lowest BCUT2D eigenvalue weighted by Crippen LogP contribution is -2.33. The number of methoxy groups -OCH3 is 2. The molecule has 2 N–H and O–H groups in total. The van der Waals surface area contributed by atoms with Gasteiger partial charge >= 0.3 is 6.03 Å². The van der Waals surface area contributed by atoms with Crippen molar-refractivity contribution in [2.45, 2.75) is 25.4 Å². The first kappa shape index (κ1) is 17.3. The molecule has 2 aromatic rings. The Morgan fingerprint density at radius 2 is 2.08 bits per heavy atom. The summed E-state index contributed by atoms with van der Waals surface area (Å²) in [6, 6.07) is 7.64. The van der Waals surface area contributed by atoms with E-state index in [1.165, 1.54) is 0 Å². The van der Waals surface area contributed by atoms with Crippen LogP contribution in [0.2, 0.25) is 0 Å². The predicted molar refractivity (Wildman–Crippen MR) is 94.7 cm³/mol. The van der Waals surface area contributed by atoms with Crippen molar-refractivity contribution in [1.29, 1.82) is 0 Å². The second-order valence-corrected chi connectivity index (χ2v) is 6.17. The average molecular weight is 344 g/mol. The van der Waals surface area contributed by atoms with Crippen molar-refractivity contribution in [3.05, 3.63) is 42.2 Å². The molecule has 0 aliphatic heterocycles. The molecule has 1 aliphatic rings. The summed E-state index contributed by atoms with van der Waals surface area (Å²) in [5.41, 5.74) is 1.76. The Kier molecular flexibility index (Phi) is 5.55. The van der Waals surface area contributed by atoms with Crippen molar-refractivity contribution in [3.63, 3.8) is 0 Å². The van der Waals surface area contributed by atoms with Crippen molar-refractivity contribution < 1.29 is 14.3 Å². The van der Waals surface area contributed by atoms with Crippen LogP contribution in [-0.4, -0.2) is 36.6 Å². The highest BCUT2D eigenvalue weighted by atomic mass is 16.5. The number of ether oxygens (including phenoxy) is 2. The van der Waals surface area contributed by atoms with Gasteiger partial charge in [0.1, 0.15) is 5.75 Å². The van der Waals surface area contributed by atoms with Crippen LogP contribution in [0, 0.1) is 5.92 Å². The lowest BCUT2D eigenvalue weighted by atomic mass is 10.0. The summed E-state index contributed by atoms with van der Waals surface area (Å²) in [6.45, 7) is 1.23. The van der Waals surface area contributed by atoms with Crippen LogP contribution >= 0.6 is 0 Å². The number of hydrogen-bond acceptors (Lipinski definition) is 4. The number of urea groups is 1. The maximum absolute atomic E-state index is 12.4. The van der Waals surface area contributed by atoms with E-state index in [0.29, 0.717) is 24.8 Å². The van der Waals surface area contributed by atoms with Gasteiger partial charge in [0.15, 0.2) is 0 Å². The number of benzene rings is 1. The van der Waals surface area contributed by atoms with E-state index >= 15 is 0 Å². The fourth-order valence-electron chi connectivity index (χ4n) is 2.76. The summed E-state index contributed by atoms with van der Waals surface area (Å²) in [7, 11) is 3.29. The largest absolute Gasteiger partial charge is 0.497 e. The van der Waals surface area contributed by atoms with Crippen LogP contribution in [0.3, 0.4) is 0 Å². The molecule has 1 atom stereocenters. The van der Waals surface area contributed by atoms with Gasteiger partial charge in [-0.1, -0.05) is 12.1 Å². The van der Waals surface area contributed by atoms with Gasteiger partial charge < -0.3 is 20.1 Å². The molecule has 25 heavy (non-hydrogen) atoms. The highest BCUT2D eigenvalue weighted by Crippen LogP contribution is 2.41. The zero-order valence-electron chi connectivity index (χ0n) is 14.6. The Morgan fingerprint density at radius 1 is 1.32 bits per heavy atom. The molecule has 1 aliphatic carbocycles. The van der Waals surface area contributed by atoms with Crippen LogP contribution < -0.4 is 15.4 Å². The fraction of sp³-hybridized carbons (Fsp3) is 0.444. The van der Waals surface area contributed by atoms with Gasteiger partial charge in [0.2, 0.25) is 0 Å². The molecule has 0 saturated heterocycles. The molecule has 3 rings (SSSR count). The smallest absolute Gasteiger partial charge is 0.319 e. The van der Waals surface area contributed by atoms with Gasteiger partial charge in [0, 0.05) is 13.3 Å². The molecule has 1 fully saturated rings. The van der Waals surface area contributed by atoms with Crippen molar-refractivity contribution in [3.8, 4) is 5.75 Å². The van der Waals surface area contributed by atoms with Crippen molar-refractivity contribution >= 4 is 11.7 Å². The molecular weight excluding hydrogens is 320 g/mol. The fourth-order valence-corrected chi connectivity index (χ4v) is 2.76. The number of rotatable bonds is 8. The molecule has 0 spiro atoms. The minimum absolute atomic E-state index is 0.00874. The van der Waals surface area contributed by atoms with Gasteiger partial charge in [-0.25, -0.2) is 4.79 Å². The Labute approximate surface area is 147 Å². The molecule has 7 nitrogen and oxygen atoms in total. The molecule has 2 amide bonds. The Morgan fingerprint density at radius 3 is 2.72 bits per heavy atom. The topological polar surface area (TPSA) is 77.4 Å². The molecule has 7 heteroatoms. The lowest BCUT2D eigenvalue weighted by Gasteiger charge is -2.19. The van der Waals surface area contributed by atoms with Crippen molar-refractivity contribution in [2.75, 3.05) is 26.1 Å². The second-order valence-electron chi connectivity index (χ2n) is 6.17. The van der Waals surface area contributed by atoms with E-state index in [9.17, 15) is 4.79 Å². The van der Waals surface area contributed by atoms with E-state index in [2.05, 4.69) is 15.7 Å². The van der Waals surface area contributed by atoms with Gasteiger partial charge in [-0.15, -0.1) is 0 Å². The van der Waals surface area contributed by atoms with E-state index in [1.54, 1.807) is 31.3 Å². The zero-order chi connectivity index (χ0) is 17.6. The molecule has 0 radical (unpaired) electrons. The van der Waals surface area contributed by atoms with E-state index in [1.807, 2.05) is 24.3 Å². The van der Waals surface area contributed by atoms with Gasteiger partial charge in [0.05, 0.1) is 38.2 Å². The molecule has 134 valence electrons. The number of aromatic nitrogens is 2. The van der Waals surface area contributed by atoms with Crippen LogP contribution in [0.15, 0.2) is 36.7 Å². The van der Waals surface area contributed by atoms with Crippen molar-refractivity contribution in [1.82, 2.24) is 15.1 Å². The Bertz CT molecular complexity index is 695. The SMILES string of the molecule is COCCn1cc(NC(=O)NC(c2ccc(OC)cc2)C2CC2)cn1. The van der Waals surface area contributed by atoms with Crippen molar-refractivity contribution in [2.24, 2.45) is 5.92 Å². The monoisotopic (exact) mass is 344 g/mol. The number of carbonyl (C=O) groups excluding carboxylic acids is 1. The summed E-state index contributed by atoms with van der Waals surface area (Å²) < 4.78 is 12.0. The molecule has 1 aromatic heterocycles. The number of anilines is 1. The molecule has 0 bridgehead atoms. The normalized spacial score (nSPS) is 14.8. The first-order valence-electron chi connectivity index (χ1n) is 8.42. The zero-order valence-corrected chi connectivity index (χ0v) is 14.6. The van der Waals surface area contributed by atoms with Crippen LogP contribution in [0.5, 0.6) is 5.75 Å². The maximum Gasteiger partial charge on any atom is 0.319 e. The summed E-state index contributed by atoms with van der Waals surface area (Å²) in [5.74, 6) is 1.30. The number of amides is 2. The molecule has 1 aromatic carbocycles. The average Bonchev–Trinajstić information content (AvgIpc) is 3.38. The van der Waals surface area contributed by atoms with Crippen LogP contribution in [0.4, 0.5) is 10.5 Å². The van der Waals surface area contributed by atoms with Gasteiger partial charge in [-0.2, -0.15) is 5.10 Å². The van der Waals surface area contributed by atoms with Crippen LogP contribution in [0.25, 0.3) is 0 Å². The number of nitrogens with one attached hydrogen (secondary N) is 2. The molecular formula is C18H24N4O3. The molecule has 1 unspecified atom stereocenters. The quantitative estimate of drug-likeness (QED) is 0.772. The Balaban J connectivity index is 1.60. The number of nitrogens with zero attached hydrogens (tertiary/aromatic N) is 2. The number of hydrogen-bond donors (Lipinski definition) is 2. The number of carbonyl (C=O) groups is 1. The highest BCUT2D eigenvalue weighted by Gasteiger charge is 2.33. The summed E-state index contributed by atoms with van der Waals surface area (Å²) in [6.07, 6.45) is 5.69. The minimum Gasteiger partial charge on any atom is -0.497 e. The standard InChI is InChI=1S/C18H24N4O3/c1-24-10-9-22-12-15(11-19-22)20-18(23)21-17(13-3-4-13)14-5-7-16(25-2)8-6-14/h5-8,11-13,17H,3-4,9-10H2,1-2H3,(H2,20,21,23). The van der Waals surface area contributed by atoms with E-state index < -0.39 is 0 Å². The third-order valence-electron chi connectivity index (χ3n) is 4.27. The van der Waals surface area contributed by atoms with Crippen LogP contribution in [-0.2, 0) is 11.3 Å². The maximum atomic E-state index is 12.4. The van der Waals surface area contributed by atoms with E-state index in [0.717, 1.165) is 24.2 Å². The van der Waals surface area contributed by atoms with Gasteiger partial charge in [-0.3, -0.25) is 4.68 Å². The van der Waals surface area contributed by atoms with E-state index in [4.69, 9.17) is 9.47 Å². The van der Waals surface area contributed by atoms with E-state index in [-0.39, 0.29) is 12.1 Å². The molecule has 1 heterocycles. The van der Waals surface area contributed by atoms with Gasteiger partial charge in [-0.05, 0) is 36.5 Å². The highest BCUT2D eigenvalue weighted by molar-refractivity contribution is 5.89. The first-order valence-corrected chi connectivity index (χ1v) is 8.42. The minimum atomic E-state index is -0.223. The Hall–Kier alpha value is -2.54. The third kappa shape index (κ3) is 4.73. The first-order chi connectivity index (χ1) is 12.2. The van der Waals surface area contributed by atoms with Crippen LogP contribution in [0.1, 0.15) is 24.4 Å². The second kappa shape index (κ2) is 8.02. The summed E-state index contributed by atoms with van der Waals surface area (Å²) >= 11 is 0. The molecule has 1 saturated carbocycles. The predicted octanol–water partition coefficient (Wildman–Crippen LogP) is 2.81. The summed E-state index contributed by atoms with van der Waals surface area (Å²) in [5, 5.41) is 10.1. The summed E-state index contributed by atoms with van der Waals surface area (Å²) in [4.78, 5) is 12.4.